The molecule has 2 rings (SSSR count). The van der Waals surface area contributed by atoms with E-state index in [1.165, 1.54) is 7.11 Å². The third kappa shape index (κ3) is 3.71. The van der Waals surface area contributed by atoms with Crippen LogP contribution in [0.15, 0.2) is 0 Å². The van der Waals surface area contributed by atoms with E-state index in [0.717, 1.165) is 0 Å². The van der Waals surface area contributed by atoms with Crippen LogP contribution in [0.2, 0.25) is 0 Å². The van der Waals surface area contributed by atoms with Crippen molar-refractivity contribution in [1.29, 1.82) is 0 Å². The number of rotatable bonds is 5. The number of aliphatic hydroxyl groups is 7. The van der Waals surface area contributed by atoms with Gasteiger partial charge >= 0.3 is 0 Å². The molecule has 0 saturated carbocycles. The predicted molar refractivity (Wildman–Crippen MR) is 73.4 cm³/mol. The average molecular weight is 356 g/mol. The van der Waals surface area contributed by atoms with Gasteiger partial charge in [0.2, 0.25) is 0 Å². The predicted octanol–water partition coefficient (Wildman–Crippen LogP) is -4.74. The molecule has 2 fully saturated rings. The second-order valence-corrected chi connectivity index (χ2v) is 5.74. The number of hydrogen-bond acceptors (Lipinski definition) is 11. The molecule has 142 valence electrons. The summed E-state index contributed by atoms with van der Waals surface area (Å²) >= 11 is 0. The van der Waals surface area contributed by atoms with Gasteiger partial charge in [0.25, 0.3) is 0 Å². The quantitative estimate of drug-likeness (QED) is 0.251. The van der Waals surface area contributed by atoms with Crippen molar-refractivity contribution >= 4 is 0 Å². The van der Waals surface area contributed by atoms with Crippen molar-refractivity contribution in [3.8, 4) is 0 Å². The molecule has 2 aliphatic heterocycles. The lowest BCUT2D eigenvalue weighted by Gasteiger charge is -2.45. The molecule has 0 aromatic rings. The minimum absolute atomic E-state index is 0.592. The van der Waals surface area contributed by atoms with Crippen LogP contribution < -0.4 is 0 Å². The van der Waals surface area contributed by atoms with Crippen LogP contribution in [0.25, 0.3) is 0 Å². The lowest BCUT2D eigenvalue weighted by Crippen LogP contribution is -2.64. The lowest BCUT2D eigenvalue weighted by molar-refractivity contribution is -0.357. The smallest absolute Gasteiger partial charge is 0.187 e. The summed E-state index contributed by atoms with van der Waals surface area (Å²) in [5.41, 5.74) is 0. The summed E-state index contributed by atoms with van der Waals surface area (Å²) in [6.07, 6.45) is -14.3. The summed E-state index contributed by atoms with van der Waals surface area (Å²) in [5.74, 6) is 0. The van der Waals surface area contributed by atoms with Gasteiger partial charge in [0.1, 0.15) is 48.8 Å². The van der Waals surface area contributed by atoms with Crippen molar-refractivity contribution in [1.82, 2.24) is 0 Å². The van der Waals surface area contributed by atoms with Gasteiger partial charge in [-0.25, -0.2) is 0 Å². The summed E-state index contributed by atoms with van der Waals surface area (Å²) in [7, 11) is 1.24. The van der Waals surface area contributed by atoms with E-state index in [1.54, 1.807) is 0 Å². The molecule has 24 heavy (non-hydrogen) atoms. The van der Waals surface area contributed by atoms with E-state index >= 15 is 0 Å². The molecule has 0 aromatic carbocycles. The Hall–Kier alpha value is -0.440. The molecule has 0 spiro atoms. The molecule has 2 saturated heterocycles. The Morgan fingerprint density at radius 3 is 1.79 bits per heavy atom. The van der Waals surface area contributed by atoms with Gasteiger partial charge in [-0.1, -0.05) is 0 Å². The highest BCUT2D eigenvalue weighted by molar-refractivity contribution is 4.93. The van der Waals surface area contributed by atoms with Crippen LogP contribution in [-0.2, 0) is 18.9 Å². The highest BCUT2D eigenvalue weighted by Gasteiger charge is 2.50. The van der Waals surface area contributed by atoms with Gasteiger partial charge in [-0.15, -0.1) is 0 Å². The van der Waals surface area contributed by atoms with E-state index in [4.69, 9.17) is 24.1 Å². The fraction of sp³-hybridized carbons (Fsp3) is 1.00. The molecule has 0 radical (unpaired) electrons. The van der Waals surface area contributed by atoms with Gasteiger partial charge in [0.05, 0.1) is 13.2 Å². The molecule has 11 nitrogen and oxygen atoms in total. The van der Waals surface area contributed by atoms with Crippen molar-refractivity contribution in [3.05, 3.63) is 0 Å². The number of ether oxygens (including phenoxy) is 4. The van der Waals surface area contributed by atoms with Gasteiger partial charge in [0.15, 0.2) is 12.6 Å². The Morgan fingerprint density at radius 1 is 0.708 bits per heavy atom. The van der Waals surface area contributed by atoms with Gasteiger partial charge in [0, 0.05) is 7.11 Å². The van der Waals surface area contributed by atoms with Gasteiger partial charge < -0.3 is 54.7 Å². The fourth-order valence-electron chi connectivity index (χ4n) is 2.75. The maximum absolute atomic E-state index is 10.2. The van der Waals surface area contributed by atoms with Crippen molar-refractivity contribution in [2.75, 3.05) is 20.3 Å². The SMILES string of the molecule is CO[C@@H]1O[C@H](CO)[C@@H](O[C@@H]2O[C@H](CO)[C@H](O)[C@H](O)[C@@H]2O)[C@@H](O)[C@@H]1O. The second kappa shape index (κ2) is 8.29. The molecule has 7 N–H and O–H groups in total. The molecule has 10 atom stereocenters. The maximum Gasteiger partial charge on any atom is 0.187 e. The molecule has 2 heterocycles. The van der Waals surface area contributed by atoms with E-state index in [2.05, 4.69) is 0 Å². The zero-order valence-electron chi connectivity index (χ0n) is 13.0. The van der Waals surface area contributed by atoms with Crippen LogP contribution in [0.3, 0.4) is 0 Å². The third-order valence-electron chi connectivity index (χ3n) is 4.19. The van der Waals surface area contributed by atoms with Gasteiger partial charge in [-0.3, -0.25) is 0 Å². The van der Waals surface area contributed by atoms with Gasteiger partial charge in [-0.2, -0.15) is 0 Å². The minimum Gasteiger partial charge on any atom is -0.394 e. The second-order valence-electron chi connectivity index (χ2n) is 5.74. The lowest BCUT2D eigenvalue weighted by atomic mass is 9.97. The van der Waals surface area contributed by atoms with E-state index < -0.39 is 74.6 Å². The third-order valence-corrected chi connectivity index (χ3v) is 4.19. The molecule has 0 aromatic heterocycles. The van der Waals surface area contributed by atoms with Crippen molar-refractivity contribution < 1.29 is 54.7 Å². The average Bonchev–Trinajstić information content (AvgIpc) is 2.59. The first-order valence-electron chi connectivity index (χ1n) is 7.46. The fourth-order valence-corrected chi connectivity index (χ4v) is 2.75. The highest BCUT2D eigenvalue weighted by Crippen LogP contribution is 2.29. The Balaban J connectivity index is 2.12. The first-order chi connectivity index (χ1) is 11.3. The summed E-state index contributed by atoms with van der Waals surface area (Å²) in [5, 5.41) is 68.0. The van der Waals surface area contributed by atoms with Crippen LogP contribution in [0.4, 0.5) is 0 Å². The molecule has 0 unspecified atom stereocenters. The van der Waals surface area contributed by atoms with E-state index in [9.17, 15) is 30.6 Å². The molecular formula is C13H24O11. The maximum atomic E-state index is 10.2. The Morgan fingerprint density at radius 2 is 1.25 bits per heavy atom. The Bertz CT molecular complexity index is 392. The molecule has 0 bridgehead atoms. The van der Waals surface area contributed by atoms with E-state index in [1.807, 2.05) is 0 Å². The molecule has 11 heteroatoms. The molecular weight excluding hydrogens is 332 g/mol. The summed E-state index contributed by atoms with van der Waals surface area (Å²) in [6.45, 7) is -1.24. The molecule has 0 amide bonds. The van der Waals surface area contributed by atoms with Gasteiger partial charge in [-0.05, 0) is 0 Å². The van der Waals surface area contributed by atoms with E-state index in [-0.39, 0.29) is 0 Å². The standard InChI is InChI=1S/C13H24O11/c1-21-12-10(20)8(18)11(5(3-15)23-12)24-13-9(19)7(17)6(16)4(2-14)22-13/h4-20H,2-3H2,1H3/t4-,5-,6+,7+,8+,9+,10+,11-,12-,13+/m1/s1. The largest absolute Gasteiger partial charge is 0.394 e. The number of aliphatic hydroxyl groups excluding tert-OH is 7. The zero-order chi connectivity index (χ0) is 18.0. The first-order valence-corrected chi connectivity index (χ1v) is 7.46. The van der Waals surface area contributed by atoms with Crippen LogP contribution in [0.1, 0.15) is 0 Å². The number of methoxy groups -OCH3 is 1. The topological polar surface area (TPSA) is 179 Å². The summed E-state index contributed by atoms with van der Waals surface area (Å²) in [4.78, 5) is 0. The minimum atomic E-state index is -1.69. The highest BCUT2D eigenvalue weighted by atomic mass is 16.7. The monoisotopic (exact) mass is 356 g/mol. The first kappa shape index (κ1) is 19.9. The summed E-state index contributed by atoms with van der Waals surface area (Å²) in [6, 6.07) is 0. The molecule has 2 aliphatic rings. The normalized spacial score (nSPS) is 50.0. The van der Waals surface area contributed by atoms with Crippen molar-refractivity contribution in [2.24, 2.45) is 0 Å². The van der Waals surface area contributed by atoms with Crippen molar-refractivity contribution in [3.63, 3.8) is 0 Å². The Labute approximate surface area is 137 Å². The van der Waals surface area contributed by atoms with Crippen LogP contribution in [-0.4, -0.2) is 117 Å². The van der Waals surface area contributed by atoms with Crippen LogP contribution in [0.5, 0.6) is 0 Å². The summed E-state index contributed by atoms with van der Waals surface area (Å²) < 4.78 is 20.6. The van der Waals surface area contributed by atoms with Crippen molar-refractivity contribution in [2.45, 2.75) is 61.4 Å². The number of hydrogen-bond donors (Lipinski definition) is 7. The zero-order valence-corrected chi connectivity index (χ0v) is 13.0. The molecule has 0 aliphatic carbocycles. The van der Waals surface area contributed by atoms with E-state index in [0.29, 0.717) is 0 Å². The van der Waals surface area contributed by atoms with Crippen LogP contribution >= 0.6 is 0 Å². The Kier molecular flexibility index (Phi) is 6.87. The van der Waals surface area contributed by atoms with Crippen LogP contribution in [0, 0.1) is 0 Å².